The van der Waals surface area contributed by atoms with E-state index in [4.69, 9.17) is 0 Å². The summed E-state index contributed by atoms with van der Waals surface area (Å²) in [5.41, 5.74) is -0.730. The quantitative estimate of drug-likeness (QED) is 0.643. The Kier molecular flexibility index (Phi) is 7.15. The lowest BCUT2D eigenvalue weighted by atomic mass is 10.0. The number of rotatable bonds is 6. The van der Waals surface area contributed by atoms with Crippen LogP contribution in [0, 0.1) is 5.82 Å². The van der Waals surface area contributed by atoms with Gasteiger partial charge >= 0.3 is 6.09 Å². The van der Waals surface area contributed by atoms with Crippen molar-refractivity contribution in [3.05, 3.63) is 59.9 Å². The summed E-state index contributed by atoms with van der Waals surface area (Å²) in [4.78, 5) is 38.4. The highest BCUT2D eigenvalue weighted by Crippen LogP contribution is 2.24. The SMILES string of the molecule is CCC(C(=O)Nc1cccc(F)c1C(=O)Nc1ccccc1)N(C(=O)O)C(C)(C)C. The molecule has 2 aromatic carbocycles. The van der Waals surface area contributed by atoms with Gasteiger partial charge in [-0.1, -0.05) is 31.2 Å². The first-order chi connectivity index (χ1) is 14.1. The normalized spacial score (nSPS) is 12.0. The zero-order valence-corrected chi connectivity index (χ0v) is 17.4. The molecule has 1 unspecified atom stereocenters. The summed E-state index contributed by atoms with van der Waals surface area (Å²) in [5.74, 6) is -2.18. The van der Waals surface area contributed by atoms with Gasteiger partial charge in [0.15, 0.2) is 0 Å². The number of carboxylic acid groups (broad SMARTS) is 1. The molecule has 8 heteroatoms. The highest BCUT2D eigenvalue weighted by atomic mass is 19.1. The first-order valence-corrected chi connectivity index (χ1v) is 9.54. The van der Waals surface area contributed by atoms with Crippen molar-refractivity contribution in [1.82, 2.24) is 4.90 Å². The molecule has 0 heterocycles. The number of hydrogen-bond donors (Lipinski definition) is 3. The Morgan fingerprint density at radius 1 is 1.03 bits per heavy atom. The summed E-state index contributed by atoms with van der Waals surface area (Å²) in [6.45, 7) is 6.72. The van der Waals surface area contributed by atoms with Gasteiger partial charge in [-0.25, -0.2) is 9.18 Å². The van der Waals surface area contributed by atoms with Gasteiger partial charge in [0.1, 0.15) is 11.9 Å². The monoisotopic (exact) mass is 415 g/mol. The van der Waals surface area contributed by atoms with Crippen LogP contribution in [-0.2, 0) is 4.79 Å². The van der Waals surface area contributed by atoms with Crippen molar-refractivity contribution in [1.29, 1.82) is 0 Å². The van der Waals surface area contributed by atoms with Gasteiger partial charge in [0.05, 0.1) is 11.3 Å². The van der Waals surface area contributed by atoms with Crippen LogP contribution in [0.1, 0.15) is 44.5 Å². The number of nitrogens with one attached hydrogen (secondary N) is 2. The lowest BCUT2D eigenvalue weighted by Gasteiger charge is -2.38. The van der Waals surface area contributed by atoms with Crippen molar-refractivity contribution in [3.63, 3.8) is 0 Å². The molecule has 0 bridgehead atoms. The van der Waals surface area contributed by atoms with Crippen molar-refractivity contribution in [2.45, 2.75) is 45.7 Å². The van der Waals surface area contributed by atoms with Crippen molar-refractivity contribution in [2.24, 2.45) is 0 Å². The Bertz CT molecular complexity index is 926. The van der Waals surface area contributed by atoms with Crippen LogP contribution in [-0.4, -0.2) is 39.5 Å². The number of anilines is 2. The van der Waals surface area contributed by atoms with E-state index in [2.05, 4.69) is 10.6 Å². The Hall–Kier alpha value is -3.42. The van der Waals surface area contributed by atoms with Crippen molar-refractivity contribution < 1.29 is 23.9 Å². The van der Waals surface area contributed by atoms with Crippen LogP contribution in [0.2, 0.25) is 0 Å². The maximum absolute atomic E-state index is 14.5. The largest absolute Gasteiger partial charge is 0.465 e. The molecule has 7 nitrogen and oxygen atoms in total. The second-order valence-corrected chi connectivity index (χ2v) is 7.72. The topological polar surface area (TPSA) is 98.7 Å². The molecule has 0 spiro atoms. The molecule has 3 N–H and O–H groups in total. The molecule has 0 aromatic heterocycles. The molecule has 3 amide bonds. The third-order valence-corrected chi connectivity index (χ3v) is 4.46. The summed E-state index contributed by atoms with van der Waals surface area (Å²) in [7, 11) is 0. The maximum Gasteiger partial charge on any atom is 0.408 e. The van der Waals surface area contributed by atoms with Gasteiger partial charge in [0.25, 0.3) is 5.91 Å². The molecule has 2 aromatic rings. The number of benzene rings is 2. The lowest BCUT2D eigenvalue weighted by Crippen LogP contribution is -2.55. The molecule has 0 aliphatic carbocycles. The van der Waals surface area contributed by atoms with Crippen molar-refractivity contribution in [3.8, 4) is 0 Å². The maximum atomic E-state index is 14.5. The summed E-state index contributed by atoms with van der Waals surface area (Å²) < 4.78 is 14.5. The molecule has 1 atom stereocenters. The molecule has 2 rings (SSSR count). The van der Waals surface area contributed by atoms with E-state index in [9.17, 15) is 23.9 Å². The van der Waals surface area contributed by atoms with Crippen LogP contribution in [0.4, 0.5) is 20.6 Å². The summed E-state index contributed by atoms with van der Waals surface area (Å²) in [5, 5.41) is 14.7. The van der Waals surface area contributed by atoms with E-state index in [-0.39, 0.29) is 17.7 Å². The number of nitrogens with zero attached hydrogens (tertiary/aromatic N) is 1. The molecule has 160 valence electrons. The third-order valence-electron chi connectivity index (χ3n) is 4.46. The van der Waals surface area contributed by atoms with Crippen LogP contribution in [0.5, 0.6) is 0 Å². The average Bonchev–Trinajstić information content (AvgIpc) is 2.65. The van der Waals surface area contributed by atoms with Crippen LogP contribution in [0.25, 0.3) is 0 Å². The zero-order valence-electron chi connectivity index (χ0n) is 17.4. The van der Waals surface area contributed by atoms with Gasteiger partial charge in [-0.15, -0.1) is 0 Å². The molecule has 0 fully saturated rings. The first kappa shape index (κ1) is 22.9. The number of carbonyl (C=O) groups excluding carboxylic acids is 2. The van der Waals surface area contributed by atoms with E-state index < -0.39 is 35.3 Å². The van der Waals surface area contributed by atoms with Crippen molar-refractivity contribution >= 4 is 29.3 Å². The van der Waals surface area contributed by atoms with Gasteiger partial charge in [0.2, 0.25) is 5.91 Å². The van der Waals surface area contributed by atoms with Crippen molar-refractivity contribution in [2.75, 3.05) is 10.6 Å². The molecular weight excluding hydrogens is 389 g/mol. The fraction of sp³-hybridized carbons (Fsp3) is 0.318. The average molecular weight is 415 g/mol. The van der Waals surface area contributed by atoms with Gasteiger partial charge in [-0.3, -0.25) is 14.5 Å². The van der Waals surface area contributed by atoms with E-state index in [0.29, 0.717) is 5.69 Å². The molecule has 0 saturated heterocycles. The molecule has 0 radical (unpaired) electrons. The summed E-state index contributed by atoms with van der Waals surface area (Å²) in [6.07, 6.45) is -1.04. The minimum atomic E-state index is -1.24. The Morgan fingerprint density at radius 3 is 2.20 bits per heavy atom. The molecule has 0 aliphatic rings. The molecule has 30 heavy (non-hydrogen) atoms. The van der Waals surface area contributed by atoms with Gasteiger partial charge in [-0.05, 0) is 51.5 Å². The number of amides is 3. The van der Waals surface area contributed by atoms with E-state index in [1.54, 1.807) is 58.0 Å². The molecular formula is C22H26FN3O4. The fourth-order valence-corrected chi connectivity index (χ4v) is 3.16. The summed E-state index contributed by atoms with van der Waals surface area (Å²) in [6, 6.07) is 11.4. The minimum absolute atomic E-state index is 0.0360. The predicted molar refractivity (Wildman–Crippen MR) is 113 cm³/mol. The van der Waals surface area contributed by atoms with E-state index >= 15 is 0 Å². The first-order valence-electron chi connectivity index (χ1n) is 9.54. The minimum Gasteiger partial charge on any atom is -0.465 e. The Labute approximate surface area is 174 Å². The number of hydrogen-bond acceptors (Lipinski definition) is 3. The third kappa shape index (κ3) is 5.34. The van der Waals surface area contributed by atoms with Gasteiger partial charge < -0.3 is 15.7 Å². The highest BCUT2D eigenvalue weighted by Gasteiger charge is 2.36. The van der Waals surface area contributed by atoms with E-state index in [1.807, 2.05) is 0 Å². The Balaban J connectivity index is 2.33. The fourth-order valence-electron chi connectivity index (χ4n) is 3.16. The van der Waals surface area contributed by atoms with Crippen LogP contribution < -0.4 is 10.6 Å². The molecule has 0 saturated carbocycles. The zero-order chi connectivity index (χ0) is 22.5. The van der Waals surface area contributed by atoms with Gasteiger partial charge in [-0.2, -0.15) is 0 Å². The van der Waals surface area contributed by atoms with Crippen LogP contribution in [0.3, 0.4) is 0 Å². The second kappa shape index (κ2) is 9.39. The second-order valence-electron chi connectivity index (χ2n) is 7.72. The highest BCUT2D eigenvalue weighted by molar-refractivity contribution is 6.10. The smallest absolute Gasteiger partial charge is 0.408 e. The number of halogens is 1. The molecule has 0 aliphatic heterocycles. The van der Waals surface area contributed by atoms with Crippen LogP contribution >= 0.6 is 0 Å². The number of para-hydroxylation sites is 1. The summed E-state index contributed by atoms with van der Waals surface area (Å²) >= 11 is 0. The van der Waals surface area contributed by atoms with E-state index in [1.165, 1.54) is 12.1 Å². The van der Waals surface area contributed by atoms with Crippen LogP contribution in [0.15, 0.2) is 48.5 Å². The number of carbonyl (C=O) groups is 3. The predicted octanol–water partition coefficient (Wildman–Crippen LogP) is 4.57. The van der Waals surface area contributed by atoms with E-state index in [0.717, 1.165) is 11.0 Å². The standard InChI is InChI=1S/C22H26FN3O4/c1-5-17(26(21(29)30)22(2,3)4)19(27)25-16-13-9-12-15(23)18(16)20(28)24-14-10-7-6-8-11-14/h6-13,17H,5H2,1-4H3,(H,24,28)(H,25,27)(H,29,30). The van der Waals surface area contributed by atoms with Gasteiger partial charge in [0, 0.05) is 11.2 Å². The lowest BCUT2D eigenvalue weighted by molar-refractivity contribution is -0.122. The Morgan fingerprint density at radius 2 is 1.67 bits per heavy atom.